The van der Waals surface area contributed by atoms with Crippen molar-refractivity contribution in [1.29, 1.82) is 0 Å². The highest BCUT2D eigenvalue weighted by Gasteiger charge is 2.09. The lowest BCUT2D eigenvalue weighted by Crippen LogP contribution is -1.98. The first kappa shape index (κ1) is 13.8. The van der Waals surface area contributed by atoms with Gasteiger partial charge in [0.25, 0.3) is 0 Å². The fraction of sp³-hybridized carbons (Fsp3) is 0.133. The number of hydrogen-bond acceptors (Lipinski definition) is 4. The molecule has 0 saturated carbocycles. The summed E-state index contributed by atoms with van der Waals surface area (Å²) >= 11 is 3.44. The average Bonchev–Trinajstić information content (AvgIpc) is 2.94. The van der Waals surface area contributed by atoms with E-state index in [0.29, 0.717) is 5.82 Å². The van der Waals surface area contributed by atoms with Crippen LogP contribution < -0.4 is 5.32 Å². The second-order valence-electron chi connectivity index (χ2n) is 4.62. The van der Waals surface area contributed by atoms with Crippen molar-refractivity contribution in [3.63, 3.8) is 0 Å². The zero-order valence-corrected chi connectivity index (χ0v) is 13.3. The van der Waals surface area contributed by atoms with Gasteiger partial charge < -0.3 is 5.32 Å². The lowest BCUT2D eigenvalue weighted by molar-refractivity contribution is 0.768. The summed E-state index contributed by atoms with van der Waals surface area (Å²) in [6.45, 7) is 0. The lowest BCUT2D eigenvalue weighted by atomic mass is 10.2. The SMILES string of the molecule is CNc1cc(-c2cnn(C)c2)nc(-c2ccc(Br)cc2)n1. The van der Waals surface area contributed by atoms with E-state index in [0.717, 1.165) is 27.1 Å². The molecule has 1 N–H and O–H groups in total. The number of aromatic nitrogens is 4. The van der Waals surface area contributed by atoms with Crippen molar-refractivity contribution in [2.24, 2.45) is 7.05 Å². The van der Waals surface area contributed by atoms with E-state index >= 15 is 0 Å². The van der Waals surface area contributed by atoms with E-state index in [1.54, 1.807) is 10.9 Å². The van der Waals surface area contributed by atoms with Crippen LogP contribution in [0.3, 0.4) is 0 Å². The minimum Gasteiger partial charge on any atom is -0.373 e. The molecule has 5 nitrogen and oxygen atoms in total. The molecule has 0 amide bonds. The highest BCUT2D eigenvalue weighted by atomic mass is 79.9. The summed E-state index contributed by atoms with van der Waals surface area (Å²) in [5, 5.41) is 7.27. The molecule has 106 valence electrons. The number of nitrogens with zero attached hydrogens (tertiary/aromatic N) is 4. The van der Waals surface area contributed by atoms with Gasteiger partial charge >= 0.3 is 0 Å². The summed E-state index contributed by atoms with van der Waals surface area (Å²) < 4.78 is 2.79. The van der Waals surface area contributed by atoms with Crippen LogP contribution in [0.5, 0.6) is 0 Å². The Labute approximate surface area is 131 Å². The Morgan fingerprint density at radius 3 is 2.48 bits per heavy atom. The van der Waals surface area contributed by atoms with Gasteiger partial charge in [-0.15, -0.1) is 0 Å². The molecule has 21 heavy (non-hydrogen) atoms. The topological polar surface area (TPSA) is 55.6 Å². The van der Waals surface area contributed by atoms with Crippen LogP contribution >= 0.6 is 15.9 Å². The Kier molecular flexibility index (Phi) is 3.70. The molecule has 0 aliphatic heterocycles. The number of benzene rings is 1. The Morgan fingerprint density at radius 2 is 1.86 bits per heavy atom. The van der Waals surface area contributed by atoms with E-state index in [9.17, 15) is 0 Å². The molecule has 0 unspecified atom stereocenters. The van der Waals surface area contributed by atoms with Crippen molar-refractivity contribution >= 4 is 21.7 Å². The minimum absolute atomic E-state index is 0.688. The molecular weight excluding hydrogens is 330 g/mol. The number of hydrogen-bond donors (Lipinski definition) is 1. The highest BCUT2D eigenvalue weighted by molar-refractivity contribution is 9.10. The second kappa shape index (κ2) is 5.65. The molecule has 0 radical (unpaired) electrons. The van der Waals surface area contributed by atoms with Crippen LogP contribution in [0.1, 0.15) is 0 Å². The van der Waals surface area contributed by atoms with Crippen molar-refractivity contribution in [3.05, 3.63) is 47.2 Å². The molecule has 0 aliphatic carbocycles. The Balaban J connectivity index is 2.10. The fourth-order valence-corrected chi connectivity index (χ4v) is 2.27. The average molecular weight is 344 g/mol. The maximum absolute atomic E-state index is 4.65. The third kappa shape index (κ3) is 2.95. The van der Waals surface area contributed by atoms with Crippen molar-refractivity contribution in [2.45, 2.75) is 0 Å². The Hall–Kier alpha value is -2.21. The summed E-state index contributed by atoms with van der Waals surface area (Å²) in [6.07, 6.45) is 3.74. The van der Waals surface area contributed by atoms with Crippen LogP contribution in [0.15, 0.2) is 47.2 Å². The van der Waals surface area contributed by atoms with Gasteiger partial charge in [0.15, 0.2) is 5.82 Å². The summed E-state index contributed by atoms with van der Waals surface area (Å²) in [4.78, 5) is 9.16. The first-order valence-corrected chi connectivity index (χ1v) is 7.27. The van der Waals surface area contributed by atoms with E-state index in [4.69, 9.17) is 0 Å². The maximum Gasteiger partial charge on any atom is 0.162 e. The molecule has 0 bridgehead atoms. The smallest absolute Gasteiger partial charge is 0.162 e. The summed E-state index contributed by atoms with van der Waals surface area (Å²) in [5.41, 5.74) is 2.79. The molecule has 0 atom stereocenters. The number of rotatable bonds is 3. The van der Waals surface area contributed by atoms with Gasteiger partial charge in [-0.25, -0.2) is 9.97 Å². The van der Waals surface area contributed by atoms with Gasteiger partial charge in [0.1, 0.15) is 5.82 Å². The largest absolute Gasteiger partial charge is 0.373 e. The summed E-state index contributed by atoms with van der Waals surface area (Å²) in [6, 6.07) is 9.86. The lowest BCUT2D eigenvalue weighted by Gasteiger charge is -2.07. The number of halogens is 1. The number of nitrogens with one attached hydrogen (secondary N) is 1. The molecule has 3 rings (SSSR count). The van der Waals surface area contributed by atoms with Crippen molar-refractivity contribution in [3.8, 4) is 22.6 Å². The van der Waals surface area contributed by atoms with Gasteiger partial charge in [-0.2, -0.15) is 5.10 Å². The van der Waals surface area contributed by atoms with Crippen LogP contribution in [0.2, 0.25) is 0 Å². The number of anilines is 1. The first-order valence-electron chi connectivity index (χ1n) is 6.47. The molecular formula is C15H14BrN5. The van der Waals surface area contributed by atoms with Crippen LogP contribution in [0.25, 0.3) is 22.6 Å². The Morgan fingerprint density at radius 1 is 1.10 bits per heavy atom. The van der Waals surface area contributed by atoms with Crippen LogP contribution in [-0.2, 0) is 7.05 Å². The molecule has 0 fully saturated rings. The predicted molar refractivity (Wildman–Crippen MR) is 86.9 cm³/mol. The zero-order chi connectivity index (χ0) is 14.8. The normalized spacial score (nSPS) is 10.6. The van der Waals surface area contributed by atoms with Crippen molar-refractivity contribution < 1.29 is 0 Å². The van der Waals surface area contributed by atoms with Gasteiger partial charge in [0.05, 0.1) is 11.9 Å². The summed E-state index contributed by atoms with van der Waals surface area (Å²) in [7, 11) is 3.74. The third-order valence-electron chi connectivity index (χ3n) is 3.09. The molecule has 0 saturated heterocycles. The fourth-order valence-electron chi connectivity index (χ4n) is 2.00. The van der Waals surface area contributed by atoms with Crippen LogP contribution in [0, 0.1) is 0 Å². The van der Waals surface area contributed by atoms with E-state index < -0.39 is 0 Å². The van der Waals surface area contributed by atoms with E-state index in [2.05, 4.69) is 36.3 Å². The van der Waals surface area contributed by atoms with Gasteiger partial charge in [0.2, 0.25) is 0 Å². The minimum atomic E-state index is 0.688. The number of aryl methyl sites for hydroxylation is 1. The first-order chi connectivity index (χ1) is 10.2. The molecule has 1 aromatic carbocycles. The Bertz CT molecular complexity index is 764. The molecule has 0 aliphatic rings. The van der Waals surface area contributed by atoms with Gasteiger partial charge in [-0.3, -0.25) is 4.68 Å². The molecule has 0 spiro atoms. The predicted octanol–water partition coefficient (Wildman–Crippen LogP) is 3.35. The monoisotopic (exact) mass is 343 g/mol. The van der Waals surface area contributed by atoms with Crippen molar-refractivity contribution in [1.82, 2.24) is 19.7 Å². The third-order valence-corrected chi connectivity index (χ3v) is 3.61. The summed E-state index contributed by atoms with van der Waals surface area (Å²) in [5.74, 6) is 1.47. The molecule has 6 heteroatoms. The van der Waals surface area contributed by atoms with Gasteiger partial charge in [0, 0.05) is 42.0 Å². The quantitative estimate of drug-likeness (QED) is 0.792. The van der Waals surface area contributed by atoms with E-state index in [-0.39, 0.29) is 0 Å². The standard InChI is InChI=1S/C15H14BrN5/c1-17-14-7-13(11-8-18-21(2)9-11)19-15(20-14)10-3-5-12(16)6-4-10/h3-9H,1-2H3,(H,17,19,20). The van der Waals surface area contributed by atoms with Crippen molar-refractivity contribution in [2.75, 3.05) is 12.4 Å². The second-order valence-corrected chi connectivity index (χ2v) is 5.54. The highest BCUT2D eigenvalue weighted by Crippen LogP contribution is 2.24. The molecule has 2 heterocycles. The zero-order valence-electron chi connectivity index (χ0n) is 11.7. The maximum atomic E-state index is 4.65. The molecule has 2 aromatic heterocycles. The van der Waals surface area contributed by atoms with E-state index in [1.807, 2.05) is 50.6 Å². The van der Waals surface area contributed by atoms with Gasteiger partial charge in [-0.1, -0.05) is 28.1 Å². The van der Waals surface area contributed by atoms with Crippen LogP contribution in [-0.4, -0.2) is 26.8 Å². The molecule has 3 aromatic rings. The van der Waals surface area contributed by atoms with Gasteiger partial charge in [-0.05, 0) is 12.1 Å². The van der Waals surface area contributed by atoms with Crippen LogP contribution in [0.4, 0.5) is 5.82 Å². The van der Waals surface area contributed by atoms with E-state index in [1.165, 1.54) is 0 Å².